The summed E-state index contributed by atoms with van der Waals surface area (Å²) < 4.78 is 11.0. The third kappa shape index (κ3) is 2.69. The zero-order chi connectivity index (χ0) is 13.9. The van der Waals surface area contributed by atoms with Crippen LogP contribution in [-0.2, 0) is 10.5 Å². The Morgan fingerprint density at radius 3 is 3.00 bits per heavy atom. The molecule has 5 heteroatoms. The molecule has 1 fully saturated rings. The van der Waals surface area contributed by atoms with Gasteiger partial charge in [0, 0.05) is 29.1 Å². The predicted molar refractivity (Wildman–Crippen MR) is 78.3 cm³/mol. The number of para-hydroxylation sites is 1. The van der Waals surface area contributed by atoms with E-state index in [1.54, 1.807) is 17.8 Å². The third-order valence-electron chi connectivity index (χ3n) is 3.47. The molecule has 0 spiro atoms. The standard InChI is InChI=1S/C15H16O4S/c16-15(17)14-12(9-20-8-10-4-3-7-18-10)11-5-1-2-6-13(11)19-14/h1-2,5-6,10H,3-4,7-9H2,(H,16,17). The number of hydrogen-bond acceptors (Lipinski definition) is 4. The molecule has 4 nitrogen and oxygen atoms in total. The predicted octanol–water partition coefficient (Wildman–Crippen LogP) is 3.54. The van der Waals surface area contributed by atoms with Gasteiger partial charge < -0.3 is 14.3 Å². The molecule has 1 N–H and O–H groups in total. The van der Waals surface area contributed by atoms with E-state index in [2.05, 4.69) is 0 Å². The molecule has 2 heterocycles. The fourth-order valence-electron chi connectivity index (χ4n) is 2.48. The van der Waals surface area contributed by atoms with E-state index in [-0.39, 0.29) is 5.76 Å². The lowest BCUT2D eigenvalue weighted by Crippen LogP contribution is -2.08. The second-order valence-electron chi connectivity index (χ2n) is 4.86. The number of aromatic carboxylic acids is 1. The van der Waals surface area contributed by atoms with E-state index in [9.17, 15) is 9.90 Å². The number of carboxylic acids is 1. The Labute approximate surface area is 121 Å². The van der Waals surface area contributed by atoms with Crippen LogP contribution in [0, 0.1) is 0 Å². The number of benzene rings is 1. The number of ether oxygens (including phenoxy) is 1. The lowest BCUT2D eigenvalue weighted by Gasteiger charge is -2.08. The minimum Gasteiger partial charge on any atom is -0.475 e. The van der Waals surface area contributed by atoms with E-state index in [0.717, 1.165) is 36.2 Å². The van der Waals surface area contributed by atoms with Gasteiger partial charge in [0.2, 0.25) is 5.76 Å². The molecule has 20 heavy (non-hydrogen) atoms. The number of hydrogen-bond donors (Lipinski definition) is 1. The largest absolute Gasteiger partial charge is 0.475 e. The average molecular weight is 292 g/mol. The summed E-state index contributed by atoms with van der Waals surface area (Å²) in [6.07, 6.45) is 2.54. The fourth-order valence-corrected chi connectivity index (χ4v) is 3.62. The summed E-state index contributed by atoms with van der Waals surface area (Å²) >= 11 is 1.71. The maximum Gasteiger partial charge on any atom is 0.372 e. The van der Waals surface area contributed by atoms with Crippen LogP contribution >= 0.6 is 11.8 Å². The quantitative estimate of drug-likeness (QED) is 0.913. The van der Waals surface area contributed by atoms with E-state index in [1.165, 1.54) is 0 Å². The van der Waals surface area contributed by atoms with Crippen molar-refractivity contribution in [1.29, 1.82) is 0 Å². The Kier molecular flexibility index (Phi) is 3.98. The first-order valence-corrected chi connectivity index (χ1v) is 7.84. The minimum absolute atomic E-state index is 0.0611. The zero-order valence-corrected chi connectivity index (χ0v) is 11.8. The van der Waals surface area contributed by atoms with Crippen LogP contribution in [0.2, 0.25) is 0 Å². The number of thioether (sulfide) groups is 1. The summed E-state index contributed by atoms with van der Waals surface area (Å²) in [6, 6.07) is 7.46. The first-order valence-electron chi connectivity index (χ1n) is 6.69. The number of carboxylic acid groups (broad SMARTS) is 1. The molecule has 0 radical (unpaired) electrons. The molecule has 1 saturated heterocycles. The molecule has 0 bridgehead atoms. The Morgan fingerprint density at radius 1 is 1.40 bits per heavy atom. The van der Waals surface area contributed by atoms with Crippen molar-refractivity contribution in [2.24, 2.45) is 0 Å². The molecule has 1 aromatic heterocycles. The van der Waals surface area contributed by atoms with Gasteiger partial charge >= 0.3 is 5.97 Å². The SMILES string of the molecule is O=C(O)c1oc2ccccc2c1CSCC1CCCO1. The molecule has 0 saturated carbocycles. The van der Waals surface area contributed by atoms with Crippen LogP contribution in [-0.4, -0.2) is 29.5 Å². The summed E-state index contributed by atoms with van der Waals surface area (Å²) in [6.45, 7) is 0.847. The monoisotopic (exact) mass is 292 g/mol. The van der Waals surface area contributed by atoms with Gasteiger partial charge in [-0.1, -0.05) is 18.2 Å². The normalized spacial score (nSPS) is 18.7. The third-order valence-corrected chi connectivity index (χ3v) is 4.57. The molecule has 1 unspecified atom stereocenters. The molecule has 1 aliphatic heterocycles. The number of rotatable bonds is 5. The van der Waals surface area contributed by atoms with Crippen LogP contribution in [0.25, 0.3) is 11.0 Å². The molecule has 3 rings (SSSR count). The van der Waals surface area contributed by atoms with Crippen LogP contribution in [0.5, 0.6) is 0 Å². The summed E-state index contributed by atoms with van der Waals surface area (Å²) in [5.74, 6) is 0.594. The summed E-state index contributed by atoms with van der Waals surface area (Å²) in [7, 11) is 0. The maximum absolute atomic E-state index is 11.3. The van der Waals surface area contributed by atoms with E-state index < -0.39 is 5.97 Å². The van der Waals surface area contributed by atoms with Crippen LogP contribution in [0.4, 0.5) is 0 Å². The van der Waals surface area contributed by atoms with Gasteiger partial charge in [0.25, 0.3) is 0 Å². The van der Waals surface area contributed by atoms with Crippen molar-refractivity contribution < 1.29 is 19.1 Å². The fraction of sp³-hybridized carbons (Fsp3) is 0.400. The molecule has 1 atom stereocenters. The molecule has 0 aliphatic carbocycles. The first kappa shape index (κ1) is 13.5. The van der Waals surface area contributed by atoms with Gasteiger partial charge in [-0.2, -0.15) is 11.8 Å². The molecule has 0 amide bonds. The van der Waals surface area contributed by atoms with Crippen molar-refractivity contribution in [3.05, 3.63) is 35.6 Å². The lowest BCUT2D eigenvalue weighted by molar-refractivity contribution is 0.0664. The van der Waals surface area contributed by atoms with Gasteiger partial charge in [0.15, 0.2) is 0 Å². The van der Waals surface area contributed by atoms with Crippen LogP contribution in [0.1, 0.15) is 29.0 Å². The highest BCUT2D eigenvalue weighted by molar-refractivity contribution is 7.98. The second-order valence-corrected chi connectivity index (χ2v) is 5.89. The van der Waals surface area contributed by atoms with Crippen molar-refractivity contribution in [2.45, 2.75) is 24.7 Å². The maximum atomic E-state index is 11.3. The molecular weight excluding hydrogens is 276 g/mol. The summed E-state index contributed by atoms with van der Waals surface area (Å²) in [4.78, 5) is 11.3. The van der Waals surface area contributed by atoms with E-state index >= 15 is 0 Å². The topological polar surface area (TPSA) is 59.7 Å². The lowest BCUT2D eigenvalue weighted by atomic mass is 10.1. The Morgan fingerprint density at radius 2 is 2.25 bits per heavy atom. The van der Waals surface area contributed by atoms with E-state index in [4.69, 9.17) is 9.15 Å². The molecule has 1 aliphatic rings. The van der Waals surface area contributed by atoms with Crippen molar-refractivity contribution in [2.75, 3.05) is 12.4 Å². The van der Waals surface area contributed by atoms with Crippen molar-refractivity contribution >= 4 is 28.7 Å². The summed E-state index contributed by atoms with van der Waals surface area (Å²) in [5, 5.41) is 10.1. The van der Waals surface area contributed by atoms with Gasteiger partial charge in [0.1, 0.15) is 5.58 Å². The van der Waals surface area contributed by atoms with Crippen molar-refractivity contribution in [3.63, 3.8) is 0 Å². The Bertz CT molecular complexity index is 613. The minimum atomic E-state index is -1.01. The van der Waals surface area contributed by atoms with Gasteiger partial charge in [0.05, 0.1) is 6.10 Å². The zero-order valence-electron chi connectivity index (χ0n) is 11.0. The number of fused-ring (bicyclic) bond motifs is 1. The second kappa shape index (κ2) is 5.89. The van der Waals surface area contributed by atoms with Crippen LogP contribution < -0.4 is 0 Å². The Hall–Kier alpha value is -1.46. The molecule has 2 aromatic rings. The number of furan rings is 1. The van der Waals surface area contributed by atoms with E-state index in [0.29, 0.717) is 17.4 Å². The first-order chi connectivity index (χ1) is 9.75. The average Bonchev–Trinajstić information content (AvgIpc) is 3.07. The van der Waals surface area contributed by atoms with Crippen molar-refractivity contribution in [3.8, 4) is 0 Å². The highest BCUT2D eigenvalue weighted by Crippen LogP contribution is 2.30. The summed E-state index contributed by atoms with van der Waals surface area (Å²) in [5.41, 5.74) is 1.41. The van der Waals surface area contributed by atoms with Gasteiger partial charge in [-0.3, -0.25) is 0 Å². The van der Waals surface area contributed by atoms with Gasteiger partial charge in [-0.15, -0.1) is 0 Å². The number of carbonyl (C=O) groups is 1. The molecule has 1 aromatic carbocycles. The van der Waals surface area contributed by atoms with Crippen molar-refractivity contribution in [1.82, 2.24) is 0 Å². The van der Waals surface area contributed by atoms with Crippen LogP contribution in [0.15, 0.2) is 28.7 Å². The molecular formula is C15H16O4S. The van der Waals surface area contributed by atoms with Crippen LogP contribution in [0.3, 0.4) is 0 Å². The smallest absolute Gasteiger partial charge is 0.372 e. The highest BCUT2D eigenvalue weighted by Gasteiger charge is 2.21. The molecule has 106 valence electrons. The van der Waals surface area contributed by atoms with E-state index in [1.807, 2.05) is 18.2 Å². The highest BCUT2D eigenvalue weighted by atomic mass is 32.2. The Balaban J connectivity index is 1.78. The van der Waals surface area contributed by atoms with Gasteiger partial charge in [-0.25, -0.2) is 4.79 Å². The van der Waals surface area contributed by atoms with Gasteiger partial charge in [-0.05, 0) is 18.9 Å².